The normalized spacial score (nSPS) is 20.2. The van der Waals surface area contributed by atoms with E-state index in [9.17, 15) is 4.39 Å². The van der Waals surface area contributed by atoms with Crippen molar-refractivity contribution in [2.45, 2.75) is 18.9 Å². The van der Waals surface area contributed by atoms with Crippen molar-refractivity contribution in [2.75, 3.05) is 0 Å². The van der Waals surface area contributed by atoms with Crippen molar-refractivity contribution in [3.8, 4) is 0 Å². The molecule has 0 unspecified atom stereocenters. The summed E-state index contributed by atoms with van der Waals surface area (Å²) in [6.07, 6.45) is 2.41. The number of thiophene rings is 1. The van der Waals surface area contributed by atoms with E-state index >= 15 is 0 Å². The van der Waals surface area contributed by atoms with E-state index in [1.807, 2.05) is 5.38 Å². The van der Waals surface area contributed by atoms with Crippen LogP contribution in [0.3, 0.4) is 0 Å². The van der Waals surface area contributed by atoms with Crippen molar-refractivity contribution in [1.82, 2.24) is 0 Å². The summed E-state index contributed by atoms with van der Waals surface area (Å²) in [5.74, 6) is 0.615. The van der Waals surface area contributed by atoms with Crippen LogP contribution in [0.1, 0.15) is 24.4 Å². The molecule has 1 aromatic heterocycles. The predicted octanol–water partition coefficient (Wildman–Crippen LogP) is 2.30. The van der Waals surface area contributed by atoms with Crippen molar-refractivity contribution in [2.24, 2.45) is 11.7 Å². The minimum atomic E-state index is -0.129. The maximum atomic E-state index is 12.5. The average molecular weight is 171 g/mol. The maximum Gasteiger partial charge on any atom is 0.176 e. The highest BCUT2D eigenvalue weighted by Crippen LogP contribution is 2.40. The molecule has 0 radical (unpaired) electrons. The van der Waals surface area contributed by atoms with Crippen molar-refractivity contribution < 1.29 is 4.39 Å². The lowest BCUT2D eigenvalue weighted by Crippen LogP contribution is -2.10. The molecule has 1 saturated carbocycles. The highest BCUT2D eigenvalue weighted by atomic mass is 32.1. The molecule has 1 aliphatic rings. The monoisotopic (exact) mass is 171 g/mol. The van der Waals surface area contributed by atoms with Crippen molar-refractivity contribution in [1.29, 1.82) is 0 Å². The molecular weight excluding hydrogens is 161 g/mol. The molecule has 0 saturated heterocycles. The van der Waals surface area contributed by atoms with Gasteiger partial charge < -0.3 is 5.73 Å². The van der Waals surface area contributed by atoms with E-state index in [1.54, 1.807) is 6.07 Å². The van der Waals surface area contributed by atoms with Gasteiger partial charge in [0.1, 0.15) is 0 Å². The van der Waals surface area contributed by atoms with Crippen LogP contribution in [-0.2, 0) is 0 Å². The summed E-state index contributed by atoms with van der Waals surface area (Å²) in [5.41, 5.74) is 6.82. The van der Waals surface area contributed by atoms with Crippen molar-refractivity contribution >= 4 is 11.3 Å². The Labute approximate surface area is 69.0 Å². The summed E-state index contributed by atoms with van der Waals surface area (Å²) >= 11 is 1.13. The summed E-state index contributed by atoms with van der Waals surface area (Å²) < 4.78 is 12.5. The lowest BCUT2D eigenvalue weighted by Gasteiger charge is -2.05. The summed E-state index contributed by atoms with van der Waals surface area (Å²) in [4.78, 5) is 0. The highest BCUT2D eigenvalue weighted by molar-refractivity contribution is 7.08. The fourth-order valence-electron chi connectivity index (χ4n) is 1.23. The molecule has 0 aromatic carbocycles. The van der Waals surface area contributed by atoms with Crippen LogP contribution in [0.4, 0.5) is 4.39 Å². The first kappa shape index (κ1) is 7.25. The van der Waals surface area contributed by atoms with Crippen LogP contribution in [0.15, 0.2) is 11.4 Å². The minimum absolute atomic E-state index is 0.0794. The zero-order valence-electron chi connectivity index (χ0n) is 6.09. The molecule has 1 heterocycles. The van der Waals surface area contributed by atoms with E-state index in [1.165, 1.54) is 12.8 Å². The van der Waals surface area contributed by atoms with Gasteiger partial charge in [-0.3, -0.25) is 0 Å². The zero-order valence-corrected chi connectivity index (χ0v) is 6.90. The first-order valence-corrected chi connectivity index (χ1v) is 4.65. The van der Waals surface area contributed by atoms with Gasteiger partial charge in [0.25, 0.3) is 0 Å². The molecular formula is C8H10FNS. The third-order valence-electron chi connectivity index (χ3n) is 2.10. The second kappa shape index (κ2) is 2.57. The van der Waals surface area contributed by atoms with Gasteiger partial charge in [0.15, 0.2) is 5.13 Å². The Balaban J connectivity index is 2.14. The molecule has 1 fully saturated rings. The SMILES string of the molecule is N[C@H](c1csc(F)c1)C1CC1. The maximum absolute atomic E-state index is 12.5. The summed E-state index contributed by atoms with van der Waals surface area (Å²) in [6.45, 7) is 0. The van der Waals surface area contributed by atoms with Crippen LogP contribution in [0, 0.1) is 11.0 Å². The second-order valence-corrected chi connectivity index (χ2v) is 3.91. The minimum Gasteiger partial charge on any atom is -0.324 e. The molecule has 11 heavy (non-hydrogen) atoms. The molecule has 2 rings (SSSR count). The average Bonchev–Trinajstić information content (AvgIpc) is 2.74. The smallest absolute Gasteiger partial charge is 0.176 e. The highest BCUT2D eigenvalue weighted by Gasteiger charge is 2.29. The molecule has 0 bridgehead atoms. The third kappa shape index (κ3) is 1.44. The van der Waals surface area contributed by atoms with Crippen molar-refractivity contribution in [3.05, 3.63) is 22.1 Å². The van der Waals surface area contributed by atoms with Gasteiger partial charge in [-0.2, -0.15) is 4.39 Å². The lowest BCUT2D eigenvalue weighted by molar-refractivity contribution is 0.622. The Morgan fingerprint density at radius 2 is 2.36 bits per heavy atom. The number of hydrogen-bond acceptors (Lipinski definition) is 2. The standard InChI is InChI=1S/C8H10FNS/c9-7-3-6(4-11-7)8(10)5-1-2-5/h3-5,8H,1-2,10H2/t8-/m0/s1. The number of rotatable bonds is 2. The van der Waals surface area contributed by atoms with Crippen LogP contribution in [0.25, 0.3) is 0 Å². The molecule has 0 aliphatic heterocycles. The zero-order chi connectivity index (χ0) is 7.84. The summed E-state index contributed by atoms with van der Waals surface area (Å²) in [5, 5.41) is 1.69. The first-order valence-electron chi connectivity index (χ1n) is 3.77. The first-order chi connectivity index (χ1) is 5.27. The molecule has 1 nitrogen and oxygen atoms in total. The van der Waals surface area contributed by atoms with E-state index < -0.39 is 0 Å². The van der Waals surface area contributed by atoms with Gasteiger partial charge in [-0.15, -0.1) is 11.3 Å². The van der Waals surface area contributed by atoms with Gasteiger partial charge in [0, 0.05) is 6.04 Å². The van der Waals surface area contributed by atoms with E-state index in [4.69, 9.17) is 5.73 Å². The fourth-order valence-corrected chi connectivity index (χ4v) is 1.90. The lowest BCUT2D eigenvalue weighted by atomic mass is 10.1. The second-order valence-electron chi connectivity index (χ2n) is 3.05. The summed E-state index contributed by atoms with van der Waals surface area (Å²) in [7, 11) is 0. The quantitative estimate of drug-likeness (QED) is 0.726. The molecule has 1 atom stereocenters. The molecule has 0 amide bonds. The molecule has 3 heteroatoms. The van der Waals surface area contributed by atoms with E-state index in [0.717, 1.165) is 16.9 Å². The Morgan fingerprint density at radius 1 is 1.64 bits per heavy atom. The van der Waals surface area contributed by atoms with Gasteiger partial charge in [-0.25, -0.2) is 0 Å². The number of halogens is 1. The van der Waals surface area contributed by atoms with Crippen LogP contribution >= 0.6 is 11.3 Å². The molecule has 1 aromatic rings. The van der Waals surface area contributed by atoms with E-state index in [-0.39, 0.29) is 11.2 Å². The van der Waals surface area contributed by atoms with Gasteiger partial charge in [0.2, 0.25) is 0 Å². The predicted molar refractivity (Wildman–Crippen MR) is 43.9 cm³/mol. The number of nitrogens with two attached hydrogens (primary N) is 1. The van der Waals surface area contributed by atoms with Crippen LogP contribution in [-0.4, -0.2) is 0 Å². The molecule has 2 N–H and O–H groups in total. The Morgan fingerprint density at radius 3 is 2.82 bits per heavy atom. The Hall–Kier alpha value is -0.410. The Kier molecular flexibility index (Phi) is 1.69. The third-order valence-corrected chi connectivity index (χ3v) is 2.84. The van der Waals surface area contributed by atoms with Crippen LogP contribution < -0.4 is 5.73 Å². The fraction of sp³-hybridized carbons (Fsp3) is 0.500. The van der Waals surface area contributed by atoms with Gasteiger partial charge in [-0.1, -0.05) is 0 Å². The number of hydrogen-bond donors (Lipinski definition) is 1. The summed E-state index contributed by atoms with van der Waals surface area (Å²) in [6, 6.07) is 1.63. The van der Waals surface area contributed by atoms with E-state index in [0.29, 0.717) is 5.92 Å². The van der Waals surface area contributed by atoms with Gasteiger partial charge >= 0.3 is 0 Å². The van der Waals surface area contributed by atoms with Crippen LogP contribution in [0.2, 0.25) is 0 Å². The topological polar surface area (TPSA) is 26.0 Å². The molecule has 1 aliphatic carbocycles. The van der Waals surface area contributed by atoms with Gasteiger partial charge in [-0.05, 0) is 35.8 Å². The molecule has 60 valence electrons. The van der Waals surface area contributed by atoms with Crippen LogP contribution in [0.5, 0.6) is 0 Å². The van der Waals surface area contributed by atoms with E-state index in [2.05, 4.69) is 0 Å². The Bertz CT molecular complexity index is 254. The largest absolute Gasteiger partial charge is 0.324 e. The van der Waals surface area contributed by atoms with Gasteiger partial charge in [0.05, 0.1) is 0 Å². The molecule has 0 spiro atoms. The van der Waals surface area contributed by atoms with Crippen molar-refractivity contribution in [3.63, 3.8) is 0 Å².